The number of aromatic nitrogens is 2. The Kier molecular flexibility index (Phi) is 5.18. The molecule has 1 atom stereocenters. The minimum atomic E-state index is -1.11. The molecule has 1 heterocycles. The minimum absolute atomic E-state index is 0.113. The van der Waals surface area contributed by atoms with Gasteiger partial charge in [-0.1, -0.05) is 13.8 Å². The summed E-state index contributed by atoms with van der Waals surface area (Å²) in [6.07, 6.45) is 1.59. The quantitative estimate of drug-likeness (QED) is 0.551. The molecule has 0 saturated heterocycles. The second kappa shape index (κ2) is 6.64. The number of nitrogens with one attached hydrogen (secondary N) is 1. The van der Waals surface area contributed by atoms with Crippen LogP contribution in [0, 0.1) is 16.0 Å². The van der Waals surface area contributed by atoms with Crippen LogP contribution in [0.15, 0.2) is 12.3 Å². The van der Waals surface area contributed by atoms with E-state index in [4.69, 9.17) is 5.11 Å². The Bertz CT molecular complexity index is 511. The maximum absolute atomic E-state index is 11.7. The second-order valence-corrected chi connectivity index (χ2v) is 4.72. The maximum atomic E-state index is 11.7. The van der Waals surface area contributed by atoms with Crippen LogP contribution in [0.2, 0.25) is 0 Å². The van der Waals surface area contributed by atoms with Crippen LogP contribution in [0.3, 0.4) is 0 Å². The highest BCUT2D eigenvalue weighted by Crippen LogP contribution is 2.06. The molecule has 1 aromatic heterocycles. The number of amides is 1. The SMILES string of the molecule is CC(C)C[C@H](NC(=O)Cn1ccc([N+](=O)[O-])n1)C(=O)O. The van der Waals surface area contributed by atoms with Gasteiger partial charge in [0.2, 0.25) is 5.91 Å². The Morgan fingerprint density at radius 2 is 2.20 bits per heavy atom. The minimum Gasteiger partial charge on any atom is -0.480 e. The molecule has 1 aromatic rings. The van der Waals surface area contributed by atoms with E-state index < -0.39 is 22.8 Å². The molecule has 0 aliphatic rings. The lowest BCUT2D eigenvalue weighted by atomic mass is 10.0. The average Bonchev–Trinajstić information content (AvgIpc) is 2.75. The van der Waals surface area contributed by atoms with Crippen LogP contribution in [-0.4, -0.2) is 37.7 Å². The lowest BCUT2D eigenvalue weighted by Gasteiger charge is -2.15. The predicted molar refractivity (Wildman–Crippen MR) is 67.9 cm³/mol. The van der Waals surface area contributed by atoms with Crippen molar-refractivity contribution in [2.75, 3.05) is 0 Å². The number of hydrogen-bond donors (Lipinski definition) is 2. The standard InChI is InChI=1S/C11H16N4O5/c1-7(2)5-8(11(17)18)12-10(16)6-14-4-3-9(13-14)15(19)20/h3-4,7-8H,5-6H2,1-2H3,(H,12,16)(H,17,18)/t8-/m0/s1. The summed E-state index contributed by atoms with van der Waals surface area (Å²) in [4.78, 5) is 32.4. The van der Waals surface area contributed by atoms with Gasteiger partial charge in [0.05, 0.1) is 17.4 Å². The summed E-state index contributed by atoms with van der Waals surface area (Å²) in [5.41, 5.74) is 0. The van der Waals surface area contributed by atoms with Gasteiger partial charge in [-0.2, -0.15) is 4.68 Å². The Morgan fingerprint density at radius 3 is 2.65 bits per heavy atom. The van der Waals surface area contributed by atoms with Crippen LogP contribution in [0.5, 0.6) is 0 Å². The van der Waals surface area contributed by atoms with Crippen molar-refractivity contribution in [3.05, 3.63) is 22.4 Å². The number of carboxylic acid groups (broad SMARTS) is 1. The van der Waals surface area contributed by atoms with Crippen LogP contribution in [-0.2, 0) is 16.1 Å². The number of rotatable bonds is 7. The maximum Gasteiger partial charge on any atom is 0.389 e. The van der Waals surface area contributed by atoms with Crippen LogP contribution in [0.25, 0.3) is 0 Å². The van der Waals surface area contributed by atoms with Gasteiger partial charge in [-0.3, -0.25) is 4.79 Å². The van der Waals surface area contributed by atoms with Crippen LogP contribution in [0.1, 0.15) is 20.3 Å². The fourth-order valence-electron chi connectivity index (χ4n) is 1.62. The molecule has 0 bridgehead atoms. The highest BCUT2D eigenvalue weighted by atomic mass is 16.6. The zero-order valence-electron chi connectivity index (χ0n) is 11.1. The molecule has 0 spiro atoms. The molecule has 0 aliphatic heterocycles. The normalized spacial score (nSPS) is 12.2. The smallest absolute Gasteiger partial charge is 0.389 e. The zero-order valence-corrected chi connectivity index (χ0v) is 11.1. The highest BCUT2D eigenvalue weighted by Gasteiger charge is 2.22. The van der Waals surface area contributed by atoms with Gasteiger partial charge in [0.1, 0.15) is 12.6 Å². The van der Waals surface area contributed by atoms with E-state index in [1.165, 1.54) is 6.20 Å². The van der Waals surface area contributed by atoms with Crippen molar-refractivity contribution < 1.29 is 19.6 Å². The fraction of sp³-hybridized carbons (Fsp3) is 0.545. The third-order valence-corrected chi connectivity index (χ3v) is 2.46. The number of nitro groups is 1. The molecule has 0 aromatic carbocycles. The number of carbonyl (C=O) groups is 2. The van der Waals surface area contributed by atoms with Crippen molar-refractivity contribution in [3.8, 4) is 0 Å². The van der Waals surface area contributed by atoms with Crippen molar-refractivity contribution in [2.24, 2.45) is 5.92 Å². The fourth-order valence-corrected chi connectivity index (χ4v) is 1.62. The van der Waals surface area contributed by atoms with Gasteiger partial charge >= 0.3 is 11.8 Å². The molecule has 0 unspecified atom stereocenters. The van der Waals surface area contributed by atoms with E-state index in [2.05, 4.69) is 10.4 Å². The molecule has 1 amide bonds. The molecule has 110 valence electrons. The van der Waals surface area contributed by atoms with Crippen molar-refractivity contribution in [2.45, 2.75) is 32.9 Å². The van der Waals surface area contributed by atoms with E-state index >= 15 is 0 Å². The first-order valence-corrected chi connectivity index (χ1v) is 5.99. The number of hydrogen-bond acceptors (Lipinski definition) is 5. The third-order valence-electron chi connectivity index (χ3n) is 2.46. The first-order chi connectivity index (χ1) is 9.29. The van der Waals surface area contributed by atoms with E-state index in [0.717, 1.165) is 10.7 Å². The van der Waals surface area contributed by atoms with Gasteiger partial charge in [-0.05, 0) is 17.3 Å². The third kappa shape index (κ3) is 4.67. The average molecular weight is 284 g/mol. The summed E-state index contributed by atoms with van der Waals surface area (Å²) in [6, 6.07) is 0.184. The summed E-state index contributed by atoms with van der Waals surface area (Å²) in [5.74, 6) is -1.92. The molecule has 0 radical (unpaired) electrons. The van der Waals surface area contributed by atoms with Crippen LogP contribution >= 0.6 is 0 Å². The lowest BCUT2D eigenvalue weighted by Crippen LogP contribution is -2.43. The number of aliphatic carboxylic acids is 1. The molecule has 20 heavy (non-hydrogen) atoms. The van der Waals surface area contributed by atoms with Crippen LogP contribution in [0.4, 0.5) is 5.82 Å². The molecule has 0 fully saturated rings. The van der Waals surface area contributed by atoms with Gasteiger partial charge < -0.3 is 20.5 Å². The summed E-state index contributed by atoms with van der Waals surface area (Å²) in [5, 5.41) is 25.4. The van der Waals surface area contributed by atoms with E-state index in [1.807, 2.05) is 13.8 Å². The molecular weight excluding hydrogens is 268 g/mol. The molecule has 2 N–H and O–H groups in total. The van der Waals surface area contributed by atoms with Gasteiger partial charge in [0.15, 0.2) is 0 Å². The number of carboxylic acids is 1. The molecule has 9 heteroatoms. The van der Waals surface area contributed by atoms with E-state index in [1.54, 1.807) is 0 Å². The molecule has 1 rings (SSSR count). The first-order valence-electron chi connectivity index (χ1n) is 5.99. The predicted octanol–water partition coefficient (Wildman–Crippen LogP) is 0.407. The Hall–Kier alpha value is -2.45. The van der Waals surface area contributed by atoms with Gasteiger partial charge in [-0.15, -0.1) is 0 Å². The van der Waals surface area contributed by atoms with Gasteiger partial charge in [0.25, 0.3) is 0 Å². The molecule has 9 nitrogen and oxygen atoms in total. The Labute approximate surface area is 114 Å². The van der Waals surface area contributed by atoms with Crippen molar-refractivity contribution in [3.63, 3.8) is 0 Å². The number of carbonyl (C=O) groups excluding carboxylic acids is 1. The second-order valence-electron chi connectivity index (χ2n) is 4.72. The highest BCUT2D eigenvalue weighted by molar-refractivity contribution is 5.83. The summed E-state index contributed by atoms with van der Waals surface area (Å²) >= 11 is 0. The Balaban J connectivity index is 2.60. The lowest BCUT2D eigenvalue weighted by molar-refractivity contribution is -0.389. The first kappa shape index (κ1) is 15.6. The topological polar surface area (TPSA) is 127 Å². The number of nitrogens with zero attached hydrogens (tertiary/aromatic N) is 3. The summed E-state index contributed by atoms with van der Waals surface area (Å²) in [7, 11) is 0. The largest absolute Gasteiger partial charge is 0.480 e. The van der Waals surface area contributed by atoms with E-state index in [0.29, 0.717) is 6.42 Å². The van der Waals surface area contributed by atoms with E-state index in [9.17, 15) is 19.7 Å². The van der Waals surface area contributed by atoms with Crippen molar-refractivity contribution in [1.29, 1.82) is 0 Å². The Morgan fingerprint density at radius 1 is 1.55 bits per heavy atom. The monoisotopic (exact) mass is 284 g/mol. The summed E-state index contributed by atoms with van der Waals surface area (Å²) < 4.78 is 1.09. The van der Waals surface area contributed by atoms with Crippen molar-refractivity contribution >= 4 is 17.7 Å². The zero-order chi connectivity index (χ0) is 15.3. The molecule has 0 saturated carbocycles. The van der Waals surface area contributed by atoms with Gasteiger partial charge in [-0.25, -0.2) is 4.79 Å². The van der Waals surface area contributed by atoms with E-state index in [-0.39, 0.29) is 18.3 Å². The molecular formula is C11H16N4O5. The van der Waals surface area contributed by atoms with Gasteiger partial charge in [0, 0.05) is 0 Å². The van der Waals surface area contributed by atoms with Crippen molar-refractivity contribution in [1.82, 2.24) is 15.1 Å². The van der Waals surface area contributed by atoms with Crippen LogP contribution < -0.4 is 5.32 Å². The molecule has 0 aliphatic carbocycles. The summed E-state index contributed by atoms with van der Waals surface area (Å²) in [6.45, 7) is 3.42.